The highest BCUT2D eigenvalue weighted by molar-refractivity contribution is 5.82. The standard InChI is InChI=1S/C10H18N2O2/c1-7-5-11-10(13)9-6-14-4-3-12(9)8(7)2/h7-9H,3-6H2,1-2H3,(H,11,13)/t7-,8-,9?/m1/s1. The molecule has 0 bridgehead atoms. The summed E-state index contributed by atoms with van der Waals surface area (Å²) in [5.74, 6) is 0.642. The molecule has 0 aromatic heterocycles. The second-order valence-corrected chi connectivity index (χ2v) is 4.29. The summed E-state index contributed by atoms with van der Waals surface area (Å²) in [7, 11) is 0. The Balaban J connectivity index is 2.17. The van der Waals surface area contributed by atoms with E-state index in [1.54, 1.807) is 0 Å². The normalized spacial score (nSPS) is 39.9. The van der Waals surface area contributed by atoms with Gasteiger partial charge in [0.2, 0.25) is 5.91 Å². The third-order valence-corrected chi connectivity index (χ3v) is 3.42. The number of carbonyl (C=O) groups excluding carboxylic acids is 1. The number of morpholine rings is 1. The lowest BCUT2D eigenvalue weighted by atomic mass is 10.0. The van der Waals surface area contributed by atoms with Gasteiger partial charge in [-0.1, -0.05) is 6.92 Å². The van der Waals surface area contributed by atoms with Gasteiger partial charge in [-0.2, -0.15) is 0 Å². The summed E-state index contributed by atoms with van der Waals surface area (Å²) in [6, 6.07) is 0.395. The largest absolute Gasteiger partial charge is 0.378 e. The third-order valence-electron chi connectivity index (χ3n) is 3.42. The predicted molar refractivity (Wildman–Crippen MR) is 52.9 cm³/mol. The van der Waals surface area contributed by atoms with Crippen molar-refractivity contribution in [2.75, 3.05) is 26.3 Å². The van der Waals surface area contributed by atoms with Crippen molar-refractivity contribution in [1.29, 1.82) is 0 Å². The molecule has 2 saturated heterocycles. The van der Waals surface area contributed by atoms with Gasteiger partial charge in [-0.05, 0) is 12.8 Å². The maximum Gasteiger partial charge on any atom is 0.239 e. The second kappa shape index (κ2) is 3.87. The Morgan fingerprint density at radius 3 is 3.07 bits per heavy atom. The van der Waals surface area contributed by atoms with Gasteiger partial charge in [-0.15, -0.1) is 0 Å². The Morgan fingerprint density at radius 2 is 2.29 bits per heavy atom. The van der Waals surface area contributed by atoms with Gasteiger partial charge in [0, 0.05) is 19.1 Å². The maximum atomic E-state index is 11.7. The molecule has 2 fully saturated rings. The van der Waals surface area contributed by atoms with Crippen molar-refractivity contribution in [3.05, 3.63) is 0 Å². The van der Waals surface area contributed by atoms with Crippen molar-refractivity contribution in [1.82, 2.24) is 10.2 Å². The van der Waals surface area contributed by atoms with Gasteiger partial charge in [0.15, 0.2) is 0 Å². The molecule has 0 saturated carbocycles. The first-order chi connectivity index (χ1) is 6.70. The Morgan fingerprint density at radius 1 is 1.50 bits per heavy atom. The molecule has 1 amide bonds. The molecule has 2 aliphatic heterocycles. The van der Waals surface area contributed by atoms with Crippen molar-refractivity contribution in [3.8, 4) is 0 Å². The van der Waals surface area contributed by atoms with E-state index in [9.17, 15) is 4.79 Å². The highest BCUT2D eigenvalue weighted by Gasteiger charge is 2.36. The van der Waals surface area contributed by atoms with Gasteiger partial charge < -0.3 is 10.1 Å². The van der Waals surface area contributed by atoms with Crippen molar-refractivity contribution in [2.45, 2.75) is 25.9 Å². The topological polar surface area (TPSA) is 41.6 Å². The average Bonchev–Trinajstić information content (AvgIpc) is 2.33. The van der Waals surface area contributed by atoms with E-state index in [4.69, 9.17) is 4.74 Å². The van der Waals surface area contributed by atoms with Gasteiger partial charge >= 0.3 is 0 Å². The number of nitrogens with zero attached hydrogens (tertiary/aromatic N) is 1. The van der Waals surface area contributed by atoms with Crippen LogP contribution >= 0.6 is 0 Å². The maximum absolute atomic E-state index is 11.7. The van der Waals surface area contributed by atoms with Crippen LogP contribution in [0.4, 0.5) is 0 Å². The molecule has 3 atom stereocenters. The Bertz CT molecular complexity index is 232. The summed E-state index contributed by atoms with van der Waals surface area (Å²) < 4.78 is 5.35. The highest BCUT2D eigenvalue weighted by atomic mass is 16.5. The molecule has 0 aliphatic carbocycles. The number of fused-ring (bicyclic) bond motifs is 1. The number of nitrogens with one attached hydrogen (secondary N) is 1. The number of carbonyl (C=O) groups is 1. The van der Waals surface area contributed by atoms with Crippen LogP contribution in [-0.2, 0) is 9.53 Å². The summed E-state index contributed by atoms with van der Waals surface area (Å²) >= 11 is 0. The molecule has 80 valence electrons. The van der Waals surface area contributed by atoms with Crippen LogP contribution in [0.1, 0.15) is 13.8 Å². The molecule has 0 radical (unpaired) electrons. The Labute approximate surface area is 84.6 Å². The number of amides is 1. The minimum Gasteiger partial charge on any atom is -0.378 e. The molecule has 0 spiro atoms. The lowest BCUT2D eigenvalue weighted by molar-refractivity contribution is -0.132. The molecule has 2 aliphatic rings. The van der Waals surface area contributed by atoms with Crippen LogP contribution in [0.3, 0.4) is 0 Å². The molecule has 4 heteroatoms. The molecule has 1 unspecified atom stereocenters. The average molecular weight is 198 g/mol. The highest BCUT2D eigenvalue weighted by Crippen LogP contribution is 2.19. The lowest BCUT2D eigenvalue weighted by Gasteiger charge is -2.37. The minimum absolute atomic E-state index is 0.0660. The number of hydrogen-bond acceptors (Lipinski definition) is 3. The van der Waals surface area contributed by atoms with Crippen molar-refractivity contribution in [2.24, 2.45) is 5.92 Å². The molecule has 0 aromatic carbocycles. The van der Waals surface area contributed by atoms with Crippen LogP contribution in [-0.4, -0.2) is 49.2 Å². The molecule has 0 aromatic rings. The lowest BCUT2D eigenvalue weighted by Crippen LogP contribution is -2.54. The summed E-state index contributed by atoms with van der Waals surface area (Å²) in [6.45, 7) is 7.34. The first-order valence-corrected chi connectivity index (χ1v) is 5.31. The van der Waals surface area contributed by atoms with E-state index in [0.29, 0.717) is 18.6 Å². The Hall–Kier alpha value is -0.610. The second-order valence-electron chi connectivity index (χ2n) is 4.29. The molecule has 14 heavy (non-hydrogen) atoms. The van der Waals surface area contributed by atoms with Crippen LogP contribution in [0.2, 0.25) is 0 Å². The summed E-state index contributed by atoms with van der Waals surface area (Å²) in [4.78, 5) is 14.0. The van der Waals surface area contributed by atoms with Gasteiger partial charge in [-0.3, -0.25) is 9.69 Å². The SMILES string of the molecule is C[C@@H]1CNC(=O)C2COCCN2[C@@H]1C. The van der Waals surface area contributed by atoms with Crippen LogP contribution in [0.15, 0.2) is 0 Å². The molecular formula is C10H18N2O2. The summed E-state index contributed by atoms with van der Waals surface area (Å²) in [5.41, 5.74) is 0. The minimum atomic E-state index is -0.0660. The van der Waals surface area contributed by atoms with Gasteiger partial charge in [-0.25, -0.2) is 0 Å². The number of rotatable bonds is 0. The van der Waals surface area contributed by atoms with Gasteiger partial charge in [0.05, 0.1) is 13.2 Å². The fourth-order valence-corrected chi connectivity index (χ4v) is 2.21. The first-order valence-electron chi connectivity index (χ1n) is 5.31. The zero-order valence-electron chi connectivity index (χ0n) is 8.82. The quantitative estimate of drug-likeness (QED) is 0.588. The van der Waals surface area contributed by atoms with E-state index in [1.807, 2.05) is 0 Å². The van der Waals surface area contributed by atoms with Crippen LogP contribution in [0.5, 0.6) is 0 Å². The van der Waals surface area contributed by atoms with E-state index >= 15 is 0 Å². The fourth-order valence-electron chi connectivity index (χ4n) is 2.21. The van der Waals surface area contributed by atoms with Crippen molar-refractivity contribution in [3.63, 3.8) is 0 Å². The van der Waals surface area contributed by atoms with Crippen LogP contribution in [0, 0.1) is 5.92 Å². The van der Waals surface area contributed by atoms with Crippen LogP contribution < -0.4 is 5.32 Å². The smallest absolute Gasteiger partial charge is 0.239 e. The molecule has 4 nitrogen and oxygen atoms in total. The van der Waals surface area contributed by atoms with Crippen LogP contribution in [0.25, 0.3) is 0 Å². The van der Waals surface area contributed by atoms with E-state index in [1.165, 1.54) is 0 Å². The zero-order valence-corrected chi connectivity index (χ0v) is 8.82. The summed E-state index contributed by atoms with van der Waals surface area (Å²) in [6.07, 6.45) is 0. The van der Waals surface area contributed by atoms with Gasteiger partial charge in [0.1, 0.15) is 6.04 Å². The van der Waals surface area contributed by atoms with E-state index in [0.717, 1.165) is 19.7 Å². The number of hydrogen-bond donors (Lipinski definition) is 1. The number of ether oxygens (including phenoxy) is 1. The van der Waals surface area contributed by atoms with E-state index < -0.39 is 0 Å². The first kappa shape index (κ1) is 9.93. The van der Waals surface area contributed by atoms with Crippen molar-refractivity contribution >= 4 is 5.91 Å². The molecule has 1 N–H and O–H groups in total. The van der Waals surface area contributed by atoms with Gasteiger partial charge in [0.25, 0.3) is 0 Å². The predicted octanol–water partition coefficient (Wildman–Crippen LogP) is -0.158. The zero-order chi connectivity index (χ0) is 10.1. The van der Waals surface area contributed by atoms with E-state index in [2.05, 4.69) is 24.1 Å². The molecular weight excluding hydrogens is 180 g/mol. The molecule has 2 rings (SSSR count). The third kappa shape index (κ3) is 1.64. The fraction of sp³-hybridized carbons (Fsp3) is 0.900. The summed E-state index contributed by atoms with van der Waals surface area (Å²) in [5, 5.41) is 2.96. The van der Waals surface area contributed by atoms with Crippen molar-refractivity contribution < 1.29 is 9.53 Å². The molecule has 2 heterocycles. The van der Waals surface area contributed by atoms with E-state index in [-0.39, 0.29) is 11.9 Å². The Kier molecular flexibility index (Phi) is 2.74. The monoisotopic (exact) mass is 198 g/mol.